The molecule has 0 bridgehead atoms. The van der Waals surface area contributed by atoms with Gasteiger partial charge in [-0.1, -0.05) is 36.9 Å². The van der Waals surface area contributed by atoms with Crippen molar-refractivity contribution in [2.75, 3.05) is 10.5 Å². The van der Waals surface area contributed by atoms with E-state index < -0.39 is 15.6 Å². The molecule has 0 radical (unpaired) electrons. The summed E-state index contributed by atoms with van der Waals surface area (Å²) in [5.74, 6) is -0.260. The van der Waals surface area contributed by atoms with Gasteiger partial charge in [0.25, 0.3) is 5.56 Å². The van der Waals surface area contributed by atoms with Crippen LogP contribution in [0.25, 0.3) is 18.5 Å². The topological polar surface area (TPSA) is 136 Å². The summed E-state index contributed by atoms with van der Waals surface area (Å²) in [5, 5.41) is 3.28. The normalized spacial score (nSPS) is 11.9. The average molecular weight is 454 g/mol. The van der Waals surface area contributed by atoms with E-state index in [1.807, 2.05) is 0 Å². The van der Waals surface area contributed by atoms with E-state index in [4.69, 9.17) is 5.73 Å². The van der Waals surface area contributed by atoms with Crippen molar-refractivity contribution in [2.45, 2.75) is 19.6 Å². The maximum Gasteiger partial charge on any atom is 0.279 e. The van der Waals surface area contributed by atoms with Crippen molar-refractivity contribution in [3.63, 3.8) is 0 Å². The van der Waals surface area contributed by atoms with E-state index in [9.17, 15) is 18.0 Å². The van der Waals surface area contributed by atoms with Crippen molar-refractivity contribution < 1.29 is 13.2 Å². The first kappa shape index (κ1) is 22.8. The van der Waals surface area contributed by atoms with Gasteiger partial charge in [-0.3, -0.25) is 18.9 Å². The number of aryl methyl sites for hydroxylation is 2. The first-order chi connectivity index (χ1) is 15.1. The molecule has 10 heteroatoms. The van der Waals surface area contributed by atoms with Crippen LogP contribution in [-0.4, -0.2) is 24.4 Å². The third kappa shape index (κ3) is 4.70. The number of carbonyl (C=O) groups is 1. The number of carbonyl (C=O) groups excluding carboxylic acids is 1. The molecule has 0 aliphatic heterocycles. The van der Waals surface area contributed by atoms with Gasteiger partial charge in [0.1, 0.15) is 17.2 Å². The lowest BCUT2D eigenvalue weighted by molar-refractivity contribution is -0.108. The molecule has 9 nitrogen and oxygen atoms in total. The van der Waals surface area contributed by atoms with Gasteiger partial charge in [0.2, 0.25) is 16.4 Å². The second kappa shape index (κ2) is 9.06. The van der Waals surface area contributed by atoms with Crippen LogP contribution in [0.3, 0.4) is 0 Å². The van der Waals surface area contributed by atoms with Crippen molar-refractivity contribution in [2.24, 2.45) is 0 Å². The van der Waals surface area contributed by atoms with Gasteiger partial charge in [0, 0.05) is 22.8 Å². The molecule has 166 valence electrons. The minimum Gasteiger partial charge on any atom is -0.382 e. The van der Waals surface area contributed by atoms with Gasteiger partial charge in [-0.25, -0.2) is 13.4 Å². The van der Waals surface area contributed by atoms with E-state index >= 15 is 0 Å². The molecule has 3 aromatic rings. The second-order valence-corrected chi connectivity index (χ2v) is 8.85. The Balaban J connectivity index is 2.17. The first-order valence-electron chi connectivity index (χ1n) is 9.57. The Labute approximate surface area is 185 Å². The van der Waals surface area contributed by atoms with Crippen molar-refractivity contribution in [3.05, 3.63) is 80.2 Å². The highest BCUT2D eigenvalue weighted by molar-refractivity contribution is 7.91. The maximum atomic E-state index is 13.3. The van der Waals surface area contributed by atoms with E-state index in [2.05, 4.69) is 21.6 Å². The Hall–Kier alpha value is -3.92. The quantitative estimate of drug-likeness (QED) is 0.439. The molecular formula is C22H23N5O4S. The van der Waals surface area contributed by atoms with Gasteiger partial charge in [-0.2, -0.15) is 0 Å². The number of rotatable bonds is 7. The van der Waals surface area contributed by atoms with E-state index in [1.54, 1.807) is 50.2 Å². The van der Waals surface area contributed by atoms with E-state index in [-0.39, 0.29) is 22.9 Å². The molecule has 3 rings (SSSR count). The Kier molecular flexibility index (Phi) is 6.45. The predicted octanol–water partition coefficient (Wildman–Crippen LogP) is 0.268. The Morgan fingerprint density at radius 3 is 2.50 bits per heavy atom. The summed E-state index contributed by atoms with van der Waals surface area (Å²) in [4.78, 5) is 28.4. The third-order valence-electron chi connectivity index (χ3n) is 4.81. The lowest BCUT2D eigenvalue weighted by Crippen LogP contribution is -2.38. The lowest BCUT2D eigenvalue weighted by Gasteiger charge is -2.16. The number of anilines is 2. The Morgan fingerprint density at radius 1 is 1.16 bits per heavy atom. The van der Waals surface area contributed by atoms with Crippen LogP contribution in [0.1, 0.15) is 17.0 Å². The van der Waals surface area contributed by atoms with Crippen LogP contribution in [0, 0.1) is 13.8 Å². The van der Waals surface area contributed by atoms with Crippen LogP contribution < -0.4 is 31.8 Å². The number of hydrogen-bond acceptors (Lipinski definition) is 6. The Morgan fingerprint density at radius 2 is 1.84 bits per heavy atom. The van der Waals surface area contributed by atoms with Gasteiger partial charge < -0.3 is 11.1 Å². The molecule has 2 heterocycles. The number of nitrogens with two attached hydrogens (primary N) is 1. The van der Waals surface area contributed by atoms with E-state index in [0.29, 0.717) is 33.8 Å². The number of benzene rings is 1. The monoisotopic (exact) mass is 453 g/mol. The SMILES string of the molecule is C=c1c(C)nc(N)c(-n2c(C)ccc(NS(=O)(=O)Cc3ccccc3)c2=O)c1=CNC=O. The van der Waals surface area contributed by atoms with Crippen molar-refractivity contribution in [3.8, 4) is 5.69 Å². The summed E-state index contributed by atoms with van der Waals surface area (Å²) in [6.45, 7) is 7.32. The summed E-state index contributed by atoms with van der Waals surface area (Å²) in [6, 6.07) is 11.6. The van der Waals surface area contributed by atoms with Crippen LogP contribution >= 0.6 is 0 Å². The molecule has 32 heavy (non-hydrogen) atoms. The van der Waals surface area contributed by atoms with Crippen molar-refractivity contribution in [1.82, 2.24) is 14.9 Å². The molecule has 0 aliphatic rings. The highest BCUT2D eigenvalue weighted by Crippen LogP contribution is 2.14. The van der Waals surface area contributed by atoms with Crippen LogP contribution in [0.5, 0.6) is 0 Å². The molecule has 0 saturated carbocycles. The molecule has 1 aromatic carbocycles. The standard InChI is InChI=1S/C22H23N5O4S/c1-14-9-10-19(26-32(30,31)12-17-7-5-4-6-8-17)22(29)27(14)20-18(11-24-13-28)15(2)16(3)25-21(20)23/h4-11,13,26H,2,12,23H2,1,3H3,(H,24,28). The maximum absolute atomic E-state index is 13.3. The van der Waals surface area contributed by atoms with Gasteiger partial charge >= 0.3 is 0 Å². The fourth-order valence-electron chi connectivity index (χ4n) is 3.27. The number of aromatic nitrogens is 2. The largest absolute Gasteiger partial charge is 0.382 e. The zero-order valence-corrected chi connectivity index (χ0v) is 18.4. The predicted molar refractivity (Wildman–Crippen MR) is 125 cm³/mol. The zero-order chi connectivity index (χ0) is 23.5. The van der Waals surface area contributed by atoms with Crippen LogP contribution in [-0.2, 0) is 20.6 Å². The minimum absolute atomic E-state index is 0.0309. The van der Waals surface area contributed by atoms with E-state index in [0.717, 1.165) is 0 Å². The summed E-state index contributed by atoms with van der Waals surface area (Å²) in [5.41, 5.74) is 7.14. The van der Waals surface area contributed by atoms with Gasteiger partial charge in [-0.15, -0.1) is 0 Å². The van der Waals surface area contributed by atoms with Crippen LogP contribution in [0.4, 0.5) is 11.5 Å². The van der Waals surface area contributed by atoms with Gasteiger partial charge in [0.05, 0.1) is 5.75 Å². The summed E-state index contributed by atoms with van der Waals surface area (Å²) < 4.78 is 28.9. The molecule has 1 amide bonds. The summed E-state index contributed by atoms with van der Waals surface area (Å²) in [7, 11) is -3.86. The molecule has 0 unspecified atom stereocenters. The molecule has 0 atom stereocenters. The molecule has 0 saturated heterocycles. The summed E-state index contributed by atoms with van der Waals surface area (Å²) >= 11 is 0. The van der Waals surface area contributed by atoms with Gasteiger partial charge in [-0.05, 0) is 36.8 Å². The fourth-order valence-corrected chi connectivity index (χ4v) is 4.46. The van der Waals surface area contributed by atoms with Crippen LogP contribution in [0.2, 0.25) is 0 Å². The van der Waals surface area contributed by atoms with Crippen LogP contribution in [0.15, 0.2) is 47.3 Å². The Bertz CT molecular complexity index is 1450. The average Bonchev–Trinajstić information content (AvgIpc) is 2.73. The highest BCUT2D eigenvalue weighted by atomic mass is 32.2. The third-order valence-corrected chi connectivity index (χ3v) is 6.05. The first-order valence-corrected chi connectivity index (χ1v) is 11.2. The number of nitrogen functional groups attached to an aromatic ring is 1. The van der Waals surface area contributed by atoms with Crippen molar-refractivity contribution in [1.29, 1.82) is 0 Å². The molecule has 0 aliphatic carbocycles. The van der Waals surface area contributed by atoms with E-state index in [1.165, 1.54) is 16.8 Å². The second-order valence-electron chi connectivity index (χ2n) is 7.13. The van der Waals surface area contributed by atoms with Gasteiger partial charge in [0.15, 0.2) is 0 Å². The zero-order valence-electron chi connectivity index (χ0n) is 17.6. The minimum atomic E-state index is -3.86. The lowest BCUT2D eigenvalue weighted by atomic mass is 10.2. The smallest absolute Gasteiger partial charge is 0.279 e. The number of sulfonamides is 1. The summed E-state index contributed by atoms with van der Waals surface area (Å²) in [6.07, 6.45) is 1.84. The number of nitrogens with one attached hydrogen (secondary N) is 2. The fraction of sp³-hybridized carbons (Fsp3) is 0.136. The molecule has 2 aromatic heterocycles. The number of hydrogen-bond donors (Lipinski definition) is 3. The molecule has 0 spiro atoms. The molecular weight excluding hydrogens is 430 g/mol. The highest BCUT2D eigenvalue weighted by Gasteiger charge is 2.18. The number of pyridine rings is 2. The number of amides is 1. The molecule has 0 fully saturated rings. The number of nitrogens with zero attached hydrogens (tertiary/aromatic N) is 2. The molecule has 4 N–H and O–H groups in total. The van der Waals surface area contributed by atoms with Crippen molar-refractivity contribution >= 4 is 40.7 Å².